The molecule has 0 unspecified atom stereocenters. The smallest absolute Gasteiger partial charge is 0.233 e. The summed E-state index contributed by atoms with van der Waals surface area (Å²) in [5, 5.41) is 12.7. The predicted molar refractivity (Wildman–Crippen MR) is 60.9 cm³/mol. The van der Waals surface area contributed by atoms with Crippen LogP contribution in [0.15, 0.2) is 0 Å². The van der Waals surface area contributed by atoms with Crippen molar-refractivity contribution in [2.24, 2.45) is 0 Å². The van der Waals surface area contributed by atoms with Crippen molar-refractivity contribution in [2.45, 2.75) is 12.8 Å². The second-order valence-corrected chi connectivity index (χ2v) is 3.73. The number of amides is 1. The zero-order valence-electron chi connectivity index (χ0n) is 9.27. The summed E-state index contributed by atoms with van der Waals surface area (Å²) in [7, 11) is 0. The van der Waals surface area contributed by atoms with E-state index < -0.39 is 0 Å². The van der Waals surface area contributed by atoms with Crippen LogP contribution in [0, 0.1) is 0 Å². The first-order valence-corrected chi connectivity index (χ1v) is 5.78. The van der Waals surface area contributed by atoms with Crippen molar-refractivity contribution in [3.8, 4) is 0 Å². The van der Waals surface area contributed by atoms with E-state index in [9.17, 15) is 4.79 Å². The van der Waals surface area contributed by atoms with Crippen molar-refractivity contribution < 1.29 is 4.79 Å². The van der Waals surface area contributed by atoms with Gasteiger partial charge in [0, 0.05) is 19.6 Å². The van der Waals surface area contributed by atoms with Crippen molar-refractivity contribution in [3.63, 3.8) is 0 Å². The lowest BCUT2D eigenvalue weighted by atomic mass is 10.3. The van der Waals surface area contributed by atoms with Gasteiger partial charge < -0.3 is 21.3 Å². The average Bonchev–Trinajstić information content (AvgIpc) is 2.24. The highest BCUT2D eigenvalue weighted by molar-refractivity contribution is 5.77. The van der Waals surface area contributed by atoms with Gasteiger partial charge in [-0.2, -0.15) is 0 Å². The Labute approximate surface area is 91.4 Å². The lowest BCUT2D eigenvalue weighted by Gasteiger charge is -2.10. The van der Waals surface area contributed by atoms with E-state index in [1.807, 2.05) is 0 Å². The average molecular weight is 214 g/mol. The molecule has 0 bridgehead atoms. The Balaban J connectivity index is 2.13. The third-order valence-electron chi connectivity index (χ3n) is 2.32. The molecular formula is C10H22N4O. The van der Waals surface area contributed by atoms with E-state index in [1.54, 1.807) is 0 Å². The van der Waals surface area contributed by atoms with Crippen LogP contribution in [-0.4, -0.2) is 51.7 Å². The molecule has 0 aromatic rings. The molecule has 4 N–H and O–H groups in total. The molecule has 88 valence electrons. The van der Waals surface area contributed by atoms with Crippen molar-refractivity contribution in [1.82, 2.24) is 21.3 Å². The Bertz CT molecular complexity index is 159. The topological polar surface area (TPSA) is 65.2 Å². The predicted octanol–water partition coefficient (Wildman–Crippen LogP) is -1.33. The van der Waals surface area contributed by atoms with E-state index in [1.165, 1.54) is 0 Å². The molecule has 15 heavy (non-hydrogen) atoms. The molecule has 5 nitrogen and oxygen atoms in total. The van der Waals surface area contributed by atoms with E-state index in [0.29, 0.717) is 6.54 Å². The van der Waals surface area contributed by atoms with Gasteiger partial charge in [0.1, 0.15) is 0 Å². The van der Waals surface area contributed by atoms with Gasteiger partial charge in [-0.3, -0.25) is 4.79 Å². The zero-order chi connectivity index (χ0) is 10.8. The van der Waals surface area contributed by atoms with Crippen LogP contribution in [0.4, 0.5) is 0 Å². The number of carbonyl (C=O) groups is 1. The molecular weight excluding hydrogens is 192 g/mol. The van der Waals surface area contributed by atoms with E-state index in [0.717, 1.165) is 52.1 Å². The molecule has 1 aliphatic heterocycles. The summed E-state index contributed by atoms with van der Waals surface area (Å²) in [5.41, 5.74) is 0. The molecule has 0 spiro atoms. The maximum Gasteiger partial charge on any atom is 0.233 e. The van der Waals surface area contributed by atoms with Crippen LogP contribution < -0.4 is 21.3 Å². The van der Waals surface area contributed by atoms with Crippen LogP contribution in [0.3, 0.4) is 0 Å². The van der Waals surface area contributed by atoms with Crippen molar-refractivity contribution in [1.29, 1.82) is 0 Å². The minimum Gasteiger partial charge on any atom is -0.355 e. The molecule has 0 saturated carbocycles. The first kappa shape index (κ1) is 12.4. The van der Waals surface area contributed by atoms with Gasteiger partial charge >= 0.3 is 0 Å². The number of carbonyl (C=O) groups excluding carboxylic acids is 1. The highest BCUT2D eigenvalue weighted by atomic mass is 16.1. The SMILES string of the molecule is O=C1CNCCCNCCNCCCN1. The van der Waals surface area contributed by atoms with E-state index in [2.05, 4.69) is 21.3 Å². The van der Waals surface area contributed by atoms with Crippen molar-refractivity contribution >= 4 is 5.91 Å². The molecule has 0 aromatic carbocycles. The van der Waals surface area contributed by atoms with Crippen LogP contribution in [0.5, 0.6) is 0 Å². The molecule has 0 aromatic heterocycles. The van der Waals surface area contributed by atoms with Crippen LogP contribution >= 0.6 is 0 Å². The van der Waals surface area contributed by atoms with Crippen LogP contribution in [0.25, 0.3) is 0 Å². The molecule has 0 radical (unpaired) electrons. The zero-order valence-corrected chi connectivity index (χ0v) is 9.27. The summed E-state index contributed by atoms with van der Waals surface area (Å²) in [4.78, 5) is 11.2. The molecule has 0 atom stereocenters. The summed E-state index contributed by atoms with van der Waals surface area (Å²) >= 11 is 0. The Hall–Kier alpha value is -0.650. The number of rotatable bonds is 0. The van der Waals surface area contributed by atoms with Crippen LogP contribution in [0.1, 0.15) is 12.8 Å². The van der Waals surface area contributed by atoms with Gasteiger partial charge in [-0.1, -0.05) is 0 Å². The summed E-state index contributed by atoms with van der Waals surface area (Å²) in [6.45, 7) is 6.10. The Morgan fingerprint density at radius 1 is 0.733 bits per heavy atom. The number of hydrogen-bond acceptors (Lipinski definition) is 4. The largest absolute Gasteiger partial charge is 0.355 e. The fraction of sp³-hybridized carbons (Fsp3) is 0.900. The second-order valence-electron chi connectivity index (χ2n) is 3.73. The van der Waals surface area contributed by atoms with E-state index in [4.69, 9.17) is 0 Å². The Kier molecular flexibility index (Phi) is 7.16. The summed E-state index contributed by atoms with van der Waals surface area (Å²) < 4.78 is 0. The highest BCUT2D eigenvalue weighted by Crippen LogP contribution is 1.77. The molecule has 1 fully saturated rings. The maximum atomic E-state index is 11.2. The van der Waals surface area contributed by atoms with Gasteiger partial charge in [0.2, 0.25) is 5.91 Å². The molecule has 0 aliphatic carbocycles. The molecule has 1 aliphatic rings. The van der Waals surface area contributed by atoms with Gasteiger partial charge in [0.25, 0.3) is 0 Å². The first-order chi connectivity index (χ1) is 7.39. The number of hydrogen-bond donors (Lipinski definition) is 4. The summed E-state index contributed by atoms with van der Waals surface area (Å²) in [5.74, 6) is 0.0972. The van der Waals surface area contributed by atoms with Gasteiger partial charge in [0.05, 0.1) is 6.54 Å². The highest BCUT2D eigenvalue weighted by Gasteiger charge is 1.99. The van der Waals surface area contributed by atoms with Gasteiger partial charge in [0.15, 0.2) is 0 Å². The Morgan fingerprint density at radius 2 is 1.33 bits per heavy atom. The lowest BCUT2D eigenvalue weighted by molar-refractivity contribution is -0.120. The van der Waals surface area contributed by atoms with Crippen molar-refractivity contribution in [3.05, 3.63) is 0 Å². The molecule has 1 rings (SSSR count). The molecule has 1 heterocycles. The second kappa shape index (κ2) is 8.64. The monoisotopic (exact) mass is 214 g/mol. The lowest BCUT2D eigenvalue weighted by Crippen LogP contribution is -2.37. The molecule has 1 amide bonds. The fourth-order valence-corrected chi connectivity index (χ4v) is 1.47. The van der Waals surface area contributed by atoms with Crippen molar-refractivity contribution in [2.75, 3.05) is 45.8 Å². The summed E-state index contributed by atoms with van der Waals surface area (Å²) in [6, 6.07) is 0. The van der Waals surface area contributed by atoms with Gasteiger partial charge in [-0.15, -0.1) is 0 Å². The van der Waals surface area contributed by atoms with Crippen LogP contribution in [-0.2, 0) is 4.79 Å². The van der Waals surface area contributed by atoms with Gasteiger partial charge in [-0.25, -0.2) is 0 Å². The van der Waals surface area contributed by atoms with Crippen LogP contribution in [0.2, 0.25) is 0 Å². The van der Waals surface area contributed by atoms with E-state index in [-0.39, 0.29) is 5.91 Å². The van der Waals surface area contributed by atoms with Gasteiger partial charge in [-0.05, 0) is 32.5 Å². The summed E-state index contributed by atoms with van der Waals surface area (Å²) in [6.07, 6.45) is 2.05. The number of nitrogens with one attached hydrogen (secondary N) is 4. The normalized spacial score (nSPS) is 22.8. The third-order valence-corrected chi connectivity index (χ3v) is 2.32. The molecule has 1 saturated heterocycles. The minimum atomic E-state index is 0.0972. The fourth-order valence-electron chi connectivity index (χ4n) is 1.47. The standard InChI is InChI=1S/C10H22N4O/c15-10-9-13-5-1-3-11-7-8-12-4-2-6-14-10/h11-13H,1-9H2,(H,14,15). The Morgan fingerprint density at radius 3 is 2.07 bits per heavy atom. The third kappa shape index (κ3) is 7.30. The molecule has 5 heteroatoms. The maximum absolute atomic E-state index is 11.2. The first-order valence-electron chi connectivity index (χ1n) is 5.78. The minimum absolute atomic E-state index is 0.0972. The van der Waals surface area contributed by atoms with E-state index >= 15 is 0 Å². The quantitative estimate of drug-likeness (QED) is 0.403.